The first-order valence-corrected chi connectivity index (χ1v) is 8.47. The minimum atomic E-state index is -0.483. The Morgan fingerprint density at radius 2 is 2.00 bits per heavy atom. The van der Waals surface area contributed by atoms with Gasteiger partial charge in [-0.1, -0.05) is 18.2 Å². The number of piperidine rings is 1. The van der Waals surface area contributed by atoms with Crippen LogP contribution in [-0.4, -0.2) is 35.8 Å². The zero-order valence-electron chi connectivity index (χ0n) is 14.5. The average molecular weight is 328 g/mol. The van der Waals surface area contributed by atoms with Crippen LogP contribution in [0.1, 0.15) is 45.6 Å². The standard InChI is InChI=1S/C19H24N2O3/c1-18(2,3)24-17(22)21-10-8-19(9-11-21)12-14(13-20)23-16-7-5-4-6-15(16)19/h4-7,14H,8-12H2,1-3H3/t14-/m0/s1. The number of nitriles is 1. The minimum absolute atomic E-state index is 0.0895. The number of hydrogen-bond acceptors (Lipinski definition) is 4. The van der Waals surface area contributed by atoms with Crippen LogP contribution in [0.2, 0.25) is 0 Å². The molecule has 1 fully saturated rings. The Bertz CT molecular complexity index is 664. The fraction of sp³-hybridized carbons (Fsp3) is 0.579. The Labute approximate surface area is 143 Å². The average Bonchev–Trinajstić information content (AvgIpc) is 2.54. The van der Waals surface area contributed by atoms with E-state index in [1.54, 1.807) is 4.90 Å². The lowest BCUT2D eigenvalue weighted by atomic mass is 9.68. The number of carbonyl (C=O) groups is 1. The first kappa shape index (κ1) is 16.6. The van der Waals surface area contributed by atoms with Gasteiger partial charge in [-0.15, -0.1) is 0 Å². The summed E-state index contributed by atoms with van der Waals surface area (Å²) in [4.78, 5) is 14.1. The van der Waals surface area contributed by atoms with Crippen molar-refractivity contribution < 1.29 is 14.3 Å². The van der Waals surface area contributed by atoms with Crippen LogP contribution in [0.15, 0.2) is 24.3 Å². The summed E-state index contributed by atoms with van der Waals surface area (Å²) >= 11 is 0. The topological polar surface area (TPSA) is 62.6 Å². The highest BCUT2D eigenvalue weighted by Gasteiger charge is 2.44. The molecule has 0 aliphatic carbocycles. The zero-order valence-corrected chi connectivity index (χ0v) is 14.5. The quantitative estimate of drug-likeness (QED) is 0.729. The molecule has 0 bridgehead atoms. The van der Waals surface area contributed by atoms with E-state index in [0.717, 1.165) is 18.6 Å². The molecule has 2 heterocycles. The van der Waals surface area contributed by atoms with E-state index in [2.05, 4.69) is 12.1 Å². The molecule has 0 N–H and O–H groups in total. The molecule has 5 nitrogen and oxygen atoms in total. The maximum Gasteiger partial charge on any atom is 0.410 e. The second kappa shape index (κ2) is 6.01. The SMILES string of the molecule is CC(C)(C)OC(=O)N1CCC2(CC1)C[C@@H](C#N)Oc1ccccc12. The number of hydrogen-bond donors (Lipinski definition) is 0. The summed E-state index contributed by atoms with van der Waals surface area (Å²) in [7, 11) is 0. The smallest absolute Gasteiger partial charge is 0.410 e. The highest BCUT2D eigenvalue weighted by Crippen LogP contribution is 2.47. The van der Waals surface area contributed by atoms with Gasteiger partial charge in [-0.25, -0.2) is 4.79 Å². The van der Waals surface area contributed by atoms with E-state index in [0.29, 0.717) is 19.5 Å². The lowest BCUT2D eigenvalue weighted by molar-refractivity contribution is 0.0126. The molecule has 5 heteroatoms. The van der Waals surface area contributed by atoms with Crippen LogP contribution in [-0.2, 0) is 10.2 Å². The molecule has 1 aromatic rings. The van der Waals surface area contributed by atoms with Gasteiger partial charge in [0.1, 0.15) is 17.4 Å². The fourth-order valence-electron chi connectivity index (χ4n) is 3.66. The van der Waals surface area contributed by atoms with Gasteiger partial charge in [0.15, 0.2) is 6.10 Å². The molecular formula is C19H24N2O3. The van der Waals surface area contributed by atoms with E-state index < -0.39 is 11.7 Å². The van der Waals surface area contributed by atoms with Crippen LogP contribution in [0.5, 0.6) is 5.75 Å². The zero-order chi connectivity index (χ0) is 17.4. The van der Waals surface area contributed by atoms with Crippen molar-refractivity contribution in [2.75, 3.05) is 13.1 Å². The molecule has 0 radical (unpaired) electrons. The highest BCUT2D eigenvalue weighted by atomic mass is 16.6. The van der Waals surface area contributed by atoms with Gasteiger partial charge in [0.2, 0.25) is 0 Å². The van der Waals surface area contributed by atoms with Crippen LogP contribution in [0.3, 0.4) is 0 Å². The van der Waals surface area contributed by atoms with Crippen molar-refractivity contribution in [1.29, 1.82) is 5.26 Å². The number of carbonyl (C=O) groups excluding carboxylic acids is 1. The van der Waals surface area contributed by atoms with E-state index in [1.165, 1.54) is 5.56 Å². The van der Waals surface area contributed by atoms with E-state index in [1.807, 2.05) is 39.0 Å². The van der Waals surface area contributed by atoms with E-state index in [9.17, 15) is 10.1 Å². The summed E-state index contributed by atoms with van der Waals surface area (Å²) in [6.45, 7) is 6.91. The molecule has 1 spiro atoms. The number of amides is 1. The Kier molecular flexibility index (Phi) is 4.16. The fourth-order valence-corrected chi connectivity index (χ4v) is 3.66. The maximum atomic E-state index is 12.3. The molecule has 0 aromatic heterocycles. The molecule has 0 unspecified atom stereocenters. The number of para-hydroxylation sites is 1. The predicted octanol–water partition coefficient (Wildman–Crippen LogP) is 3.63. The molecule has 1 aromatic carbocycles. The van der Waals surface area contributed by atoms with Crippen LogP contribution >= 0.6 is 0 Å². The van der Waals surface area contributed by atoms with Crippen molar-refractivity contribution in [3.8, 4) is 11.8 Å². The molecular weight excluding hydrogens is 304 g/mol. The summed E-state index contributed by atoms with van der Waals surface area (Å²) in [6, 6.07) is 10.2. The van der Waals surface area contributed by atoms with Gasteiger partial charge in [0, 0.05) is 30.5 Å². The normalized spacial score (nSPS) is 22.2. The molecule has 2 aliphatic heterocycles. The molecule has 2 aliphatic rings. The lowest BCUT2D eigenvalue weighted by Gasteiger charge is -2.46. The summed E-state index contributed by atoms with van der Waals surface area (Å²) in [5.41, 5.74) is 0.595. The number of likely N-dealkylation sites (tertiary alicyclic amines) is 1. The van der Waals surface area contributed by atoms with Crippen LogP contribution < -0.4 is 4.74 Å². The Balaban J connectivity index is 1.77. The van der Waals surface area contributed by atoms with Gasteiger partial charge in [-0.05, 0) is 39.7 Å². The van der Waals surface area contributed by atoms with Crippen molar-refractivity contribution in [2.24, 2.45) is 0 Å². The van der Waals surface area contributed by atoms with Crippen molar-refractivity contribution in [3.63, 3.8) is 0 Å². The highest BCUT2D eigenvalue weighted by molar-refractivity contribution is 5.68. The number of rotatable bonds is 0. The van der Waals surface area contributed by atoms with Crippen LogP contribution in [0, 0.1) is 11.3 Å². The maximum absolute atomic E-state index is 12.3. The Hall–Kier alpha value is -2.22. The molecule has 24 heavy (non-hydrogen) atoms. The molecule has 0 saturated carbocycles. The number of fused-ring (bicyclic) bond motifs is 2. The van der Waals surface area contributed by atoms with Gasteiger partial charge in [0.05, 0.1) is 0 Å². The van der Waals surface area contributed by atoms with Gasteiger partial charge in [-0.3, -0.25) is 0 Å². The Morgan fingerprint density at radius 1 is 1.33 bits per heavy atom. The summed E-state index contributed by atoms with van der Waals surface area (Å²) < 4.78 is 11.3. The summed E-state index contributed by atoms with van der Waals surface area (Å²) in [5, 5.41) is 9.34. The van der Waals surface area contributed by atoms with Crippen molar-refractivity contribution in [1.82, 2.24) is 4.90 Å². The molecule has 1 saturated heterocycles. The third kappa shape index (κ3) is 3.19. The minimum Gasteiger partial charge on any atom is -0.475 e. The van der Waals surface area contributed by atoms with Crippen LogP contribution in [0.25, 0.3) is 0 Å². The van der Waals surface area contributed by atoms with E-state index >= 15 is 0 Å². The van der Waals surface area contributed by atoms with E-state index in [4.69, 9.17) is 9.47 Å². The third-order valence-corrected chi connectivity index (χ3v) is 4.82. The number of nitrogens with zero attached hydrogens (tertiary/aromatic N) is 2. The van der Waals surface area contributed by atoms with Crippen molar-refractivity contribution >= 4 is 6.09 Å². The number of ether oxygens (including phenoxy) is 2. The van der Waals surface area contributed by atoms with Gasteiger partial charge < -0.3 is 14.4 Å². The summed E-state index contributed by atoms with van der Waals surface area (Å²) in [5.74, 6) is 0.806. The predicted molar refractivity (Wildman–Crippen MR) is 89.8 cm³/mol. The monoisotopic (exact) mass is 328 g/mol. The van der Waals surface area contributed by atoms with Crippen molar-refractivity contribution in [2.45, 2.75) is 57.2 Å². The second-order valence-corrected chi connectivity index (χ2v) is 7.68. The van der Waals surface area contributed by atoms with Gasteiger partial charge in [0.25, 0.3) is 0 Å². The molecule has 3 rings (SSSR count). The molecule has 128 valence electrons. The Morgan fingerprint density at radius 3 is 2.62 bits per heavy atom. The first-order valence-electron chi connectivity index (χ1n) is 8.47. The molecule has 1 atom stereocenters. The largest absolute Gasteiger partial charge is 0.475 e. The van der Waals surface area contributed by atoms with Gasteiger partial charge in [-0.2, -0.15) is 5.26 Å². The van der Waals surface area contributed by atoms with Crippen LogP contribution in [0.4, 0.5) is 4.79 Å². The molecule has 1 amide bonds. The van der Waals surface area contributed by atoms with Crippen molar-refractivity contribution in [3.05, 3.63) is 29.8 Å². The third-order valence-electron chi connectivity index (χ3n) is 4.82. The summed E-state index contributed by atoms with van der Waals surface area (Å²) in [6.07, 6.45) is 1.65. The number of benzene rings is 1. The lowest BCUT2D eigenvalue weighted by Crippen LogP contribution is -2.49. The first-order chi connectivity index (χ1) is 11.3. The van der Waals surface area contributed by atoms with E-state index in [-0.39, 0.29) is 11.5 Å². The van der Waals surface area contributed by atoms with Gasteiger partial charge >= 0.3 is 6.09 Å². The second-order valence-electron chi connectivity index (χ2n) is 7.68.